The molecule has 1 fully saturated rings. The number of hydrogen-bond donors (Lipinski definition) is 1. The van der Waals surface area contributed by atoms with Gasteiger partial charge in [0, 0.05) is 18.8 Å². The third kappa shape index (κ3) is 3.78. The van der Waals surface area contributed by atoms with Gasteiger partial charge in [-0.2, -0.15) is 5.26 Å². The van der Waals surface area contributed by atoms with Crippen LogP contribution in [0, 0.1) is 11.3 Å². The third-order valence-electron chi connectivity index (χ3n) is 4.52. The van der Waals surface area contributed by atoms with Crippen LogP contribution in [0.25, 0.3) is 11.0 Å². The SMILES string of the molecule is N#Cc1ccc(NS(=O)(=O)c2ccc3onc(C(=O)N4CCOCC4)c3c2)cc1. The zero-order chi connectivity index (χ0) is 20.4. The number of carbonyl (C=O) groups is 1. The molecule has 1 saturated heterocycles. The molecule has 0 unspecified atom stereocenters. The van der Waals surface area contributed by atoms with Crippen LogP contribution in [0.3, 0.4) is 0 Å². The molecule has 1 aliphatic rings. The van der Waals surface area contributed by atoms with Crippen LogP contribution in [0.5, 0.6) is 0 Å². The Morgan fingerprint density at radius 3 is 2.55 bits per heavy atom. The molecule has 1 aromatic heterocycles. The monoisotopic (exact) mass is 412 g/mol. The average molecular weight is 412 g/mol. The predicted molar refractivity (Wildman–Crippen MR) is 103 cm³/mol. The van der Waals surface area contributed by atoms with Crippen molar-refractivity contribution in [3.05, 3.63) is 53.7 Å². The molecule has 0 saturated carbocycles. The molecular weight excluding hydrogens is 396 g/mol. The predicted octanol–water partition coefficient (Wildman–Crippen LogP) is 1.97. The molecule has 10 heteroatoms. The summed E-state index contributed by atoms with van der Waals surface area (Å²) in [5.41, 5.74) is 1.13. The van der Waals surface area contributed by atoms with Gasteiger partial charge in [0.25, 0.3) is 15.9 Å². The highest BCUT2D eigenvalue weighted by atomic mass is 32.2. The Hall–Kier alpha value is -3.42. The maximum Gasteiger partial charge on any atom is 0.276 e. The number of fused-ring (bicyclic) bond motifs is 1. The van der Waals surface area contributed by atoms with Crippen LogP contribution in [0.15, 0.2) is 51.9 Å². The van der Waals surface area contributed by atoms with Gasteiger partial charge in [-0.05, 0) is 42.5 Å². The minimum Gasteiger partial charge on any atom is -0.378 e. The van der Waals surface area contributed by atoms with Crippen molar-refractivity contribution in [3.63, 3.8) is 0 Å². The number of nitrogens with one attached hydrogen (secondary N) is 1. The van der Waals surface area contributed by atoms with Crippen LogP contribution in [0.4, 0.5) is 5.69 Å². The van der Waals surface area contributed by atoms with Crippen LogP contribution >= 0.6 is 0 Å². The Bertz CT molecular complexity index is 1210. The number of morpholine rings is 1. The molecule has 4 rings (SSSR count). The van der Waals surface area contributed by atoms with E-state index in [-0.39, 0.29) is 16.5 Å². The number of anilines is 1. The van der Waals surface area contributed by atoms with Gasteiger partial charge in [0.15, 0.2) is 11.3 Å². The zero-order valence-electron chi connectivity index (χ0n) is 15.2. The Morgan fingerprint density at radius 1 is 1.14 bits per heavy atom. The van der Waals surface area contributed by atoms with Gasteiger partial charge in [0.2, 0.25) is 0 Å². The van der Waals surface area contributed by atoms with Gasteiger partial charge in [0.05, 0.1) is 35.1 Å². The smallest absolute Gasteiger partial charge is 0.276 e. The number of carbonyl (C=O) groups excluding carboxylic acids is 1. The van der Waals surface area contributed by atoms with Crippen molar-refractivity contribution in [1.29, 1.82) is 5.26 Å². The Balaban J connectivity index is 1.65. The average Bonchev–Trinajstić information content (AvgIpc) is 3.17. The molecule has 2 aromatic carbocycles. The van der Waals surface area contributed by atoms with Crippen molar-refractivity contribution in [3.8, 4) is 6.07 Å². The van der Waals surface area contributed by atoms with Crippen molar-refractivity contribution >= 4 is 32.6 Å². The molecular formula is C19H16N4O5S. The molecule has 1 aliphatic heterocycles. The van der Waals surface area contributed by atoms with Gasteiger partial charge in [-0.1, -0.05) is 5.16 Å². The summed E-state index contributed by atoms with van der Waals surface area (Å²) in [6.45, 7) is 1.75. The summed E-state index contributed by atoms with van der Waals surface area (Å²) in [6.07, 6.45) is 0. The van der Waals surface area contributed by atoms with Crippen LogP contribution in [0.1, 0.15) is 16.1 Å². The topological polar surface area (TPSA) is 126 Å². The molecule has 1 N–H and O–H groups in total. The maximum absolute atomic E-state index is 12.8. The highest BCUT2D eigenvalue weighted by Crippen LogP contribution is 2.25. The van der Waals surface area contributed by atoms with Gasteiger partial charge in [-0.25, -0.2) is 8.42 Å². The molecule has 0 radical (unpaired) electrons. The largest absolute Gasteiger partial charge is 0.378 e. The molecule has 0 spiro atoms. The molecule has 148 valence electrons. The number of sulfonamides is 1. The van der Waals surface area contributed by atoms with E-state index in [1.807, 2.05) is 6.07 Å². The highest BCUT2D eigenvalue weighted by molar-refractivity contribution is 7.92. The second-order valence-corrected chi connectivity index (χ2v) is 8.07. The summed E-state index contributed by atoms with van der Waals surface area (Å²) >= 11 is 0. The summed E-state index contributed by atoms with van der Waals surface area (Å²) in [5.74, 6) is -0.332. The van der Waals surface area contributed by atoms with Gasteiger partial charge in [0.1, 0.15) is 0 Å². The summed E-state index contributed by atoms with van der Waals surface area (Å²) in [6, 6.07) is 12.2. The zero-order valence-corrected chi connectivity index (χ0v) is 16.0. The number of aromatic nitrogens is 1. The number of ether oxygens (including phenoxy) is 1. The summed E-state index contributed by atoms with van der Waals surface area (Å²) in [4.78, 5) is 14.3. The van der Waals surface area contributed by atoms with E-state index in [9.17, 15) is 13.2 Å². The van der Waals surface area contributed by atoms with E-state index in [1.54, 1.807) is 4.90 Å². The molecule has 1 amide bonds. The lowest BCUT2D eigenvalue weighted by molar-refractivity contribution is 0.0297. The van der Waals surface area contributed by atoms with Crippen LogP contribution in [-0.4, -0.2) is 50.7 Å². The first kappa shape index (κ1) is 18.9. The highest BCUT2D eigenvalue weighted by Gasteiger charge is 2.25. The first-order valence-electron chi connectivity index (χ1n) is 8.77. The number of rotatable bonds is 4. The van der Waals surface area contributed by atoms with E-state index in [4.69, 9.17) is 14.5 Å². The lowest BCUT2D eigenvalue weighted by Gasteiger charge is -2.25. The van der Waals surface area contributed by atoms with Crippen molar-refractivity contribution in [2.75, 3.05) is 31.0 Å². The van der Waals surface area contributed by atoms with Crippen LogP contribution in [0.2, 0.25) is 0 Å². The van der Waals surface area contributed by atoms with Gasteiger partial charge in [-0.3, -0.25) is 9.52 Å². The van der Waals surface area contributed by atoms with Gasteiger partial charge >= 0.3 is 0 Å². The second kappa shape index (κ2) is 7.54. The van der Waals surface area contributed by atoms with Gasteiger partial charge in [-0.15, -0.1) is 0 Å². The molecule has 29 heavy (non-hydrogen) atoms. The first-order chi connectivity index (χ1) is 14.0. The van der Waals surface area contributed by atoms with Crippen LogP contribution in [-0.2, 0) is 14.8 Å². The normalized spacial score (nSPS) is 14.5. The number of benzene rings is 2. The van der Waals surface area contributed by atoms with Crippen molar-refractivity contribution < 1.29 is 22.5 Å². The van der Waals surface area contributed by atoms with Crippen molar-refractivity contribution in [1.82, 2.24) is 10.1 Å². The van der Waals surface area contributed by atoms with E-state index in [0.29, 0.717) is 48.5 Å². The Labute approximate surface area is 166 Å². The molecule has 3 aromatic rings. The summed E-state index contributed by atoms with van der Waals surface area (Å²) in [7, 11) is -3.92. The Morgan fingerprint density at radius 2 is 1.86 bits per heavy atom. The third-order valence-corrected chi connectivity index (χ3v) is 5.90. The molecule has 0 bridgehead atoms. The van der Waals surface area contributed by atoms with E-state index in [1.165, 1.54) is 42.5 Å². The lowest BCUT2D eigenvalue weighted by Crippen LogP contribution is -2.40. The Kier molecular flexibility index (Phi) is 4.92. The minimum atomic E-state index is -3.92. The fourth-order valence-electron chi connectivity index (χ4n) is 2.98. The fourth-order valence-corrected chi connectivity index (χ4v) is 4.07. The molecule has 0 aliphatic carbocycles. The summed E-state index contributed by atoms with van der Waals surface area (Å²) in [5, 5.41) is 13.0. The number of nitrogens with zero attached hydrogens (tertiary/aromatic N) is 3. The number of nitriles is 1. The molecule has 0 atom stereocenters. The minimum absolute atomic E-state index is 0.0337. The van der Waals surface area contributed by atoms with E-state index < -0.39 is 10.0 Å². The molecule has 2 heterocycles. The first-order valence-corrected chi connectivity index (χ1v) is 10.3. The van der Waals surface area contributed by atoms with Crippen molar-refractivity contribution in [2.45, 2.75) is 4.90 Å². The lowest BCUT2D eigenvalue weighted by atomic mass is 10.2. The summed E-state index contributed by atoms with van der Waals surface area (Å²) < 4.78 is 38.4. The fraction of sp³-hybridized carbons (Fsp3) is 0.211. The van der Waals surface area contributed by atoms with Crippen molar-refractivity contribution in [2.24, 2.45) is 0 Å². The quantitative estimate of drug-likeness (QED) is 0.694. The number of amides is 1. The maximum atomic E-state index is 12.8. The van der Waals surface area contributed by atoms with Gasteiger partial charge < -0.3 is 14.2 Å². The van der Waals surface area contributed by atoms with Crippen LogP contribution < -0.4 is 4.72 Å². The number of hydrogen-bond acceptors (Lipinski definition) is 7. The van der Waals surface area contributed by atoms with E-state index >= 15 is 0 Å². The standard InChI is InChI=1S/C19H16N4O5S/c20-12-13-1-3-14(4-2-13)22-29(25,26)15-5-6-17-16(11-15)18(21-28-17)19(24)23-7-9-27-10-8-23/h1-6,11,22H,7-10H2. The molecule has 9 nitrogen and oxygen atoms in total. The van der Waals surface area contributed by atoms with E-state index in [0.717, 1.165) is 0 Å². The second-order valence-electron chi connectivity index (χ2n) is 6.39. The van der Waals surface area contributed by atoms with E-state index in [2.05, 4.69) is 9.88 Å².